The summed E-state index contributed by atoms with van der Waals surface area (Å²) < 4.78 is 5.13. The van der Waals surface area contributed by atoms with Crippen molar-refractivity contribution in [3.63, 3.8) is 0 Å². The Kier molecular flexibility index (Phi) is 5.25. The van der Waals surface area contributed by atoms with Crippen LogP contribution in [-0.2, 0) is 4.79 Å². The molecule has 1 amide bonds. The second kappa shape index (κ2) is 7.36. The first-order chi connectivity index (χ1) is 11.5. The number of nitriles is 2. The predicted octanol–water partition coefficient (Wildman–Crippen LogP) is 1.73. The molecule has 4 N–H and O–H groups in total. The number of ether oxygens (including phenoxy) is 1. The molecule has 2 rings (SSSR count). The number of carbonyl (C=O) groups excluding carboxylic acids is 1. The van der Waals surface area contributed by atoms with Crippen molar-refractivity contribution in [2.24, 2.45) is 5.73 Å². The van der Waals surface area contributed by atoms with Crippen LogP contribution in [0.25, 0.3) is 0 Å². The highest BCUT2D eigenvalue weighted by Crippen LogP contribution is 2.40. The number of primary amides is 1. The third kappa shape index (κ3) is 3.24. The molecule has 0 radical (unpaired) electrons. The van der Waals surface area contributed by atoms with Gasteiger partial charge in [0.05, 0.1) is 7.11 Å². The first kappa shape index (κ1) is 17.1. The minimum Gasteiger partial charge on any atom is -0.494 e. The number of hydrogen-bond acceptors (Lipinski definition) is 7. The van der Waals surface area contributed by atoms with Crippen molar-refractivity contribution < 1.29 is 9.53 Å². The van der Waals surface area contributed by atoms with E-state index in [0.29, 0.717) is 5.56 Å². The summed E-state index contributed by atoms with van der Waals surface area (Å²) in [6.45, 7) is 0. The van der Waals surface area contributed by atoms with Gasteiger partial charge in [0.2, 0.25) is 5.91 Å². The minimum absolute atomic E-state index is 0.0197. The zero-order chi connectivity index (χ0) is 17.7. The summed E-state index contributed by atoms with van der Waals surface area (Å²) in [6.07, 6.45) is 0. The number of amides is 1. The Morgan fingerprint density at radius 3 is 2.38 bits per heavy atom. The fourth-order valence-electron chi connectivity index (χ4n) is 2.09. The van der Waals surface area contributed by atoms with Crippen LogP contribution in [0.15, 0.2) is 35.4 Å². The molecule has 24 heavy (non-hydrogen) atoms. The van der Waals surface area contributed by atoms with Crippen molar-refractivity contribution in [3.05, 3.63) is 47.0 Å². The Balaban J connectivity index is 2.56. The molecule has 120 valence electrons. The maximum absolute atomic E-state index is 11.8. The van der Waals surface area contributed by atoms with Gasteiger partial charge in [-0.05, 0) is 5.56 Å². The van der Waals surface area contributed by atoms with Gasteiger partial charge in [0, 0.05) is 0 Å². The van der Waals surface area contributed by atoms with E-state index in [2.05, 4.69) is 4.98 Å². The van der Waals surface area contributed by atoms with Crippen LogP contribution >= 0.6 is 11.8 Å². The minimum atomic E-state index is -0.761. The first-order valence-corrected chi connectivity index (χ1v) is 7.60. The molecule has 8 heteroatoms. The largest absolute Gasteiger partial charge is 0.494 e. The van der Waals surface area contributed by atoms with Gasteiger partial charge >= 0.3 is 0 Å². The van der Waals surface area contributed by atoms with E-state index in [-0.39, 0.29) is 27.7 Å². The highest BCUT2D eigenvalue weighted by atomic mass is 32.2. The van der Waals surface area contributed by atoms with E-state index >= 15 is 0 Å². The van der Waals surface area contributed by atoms with E-state index in [9.17, 15) is 10.1 Å². The highest BCUT2D eigenvalue weighted by molar-refractivity contribution is 8.00. The number of thioether (sulfide) groups is 1. The molecule has 2 aromatic rings. The van der Waals surface area contributed by atoms with Gasteiger partial charge in [0.15, 0.2) is 5.75 Å². The number of nitrogens with two attached hydrogens (primary N) is 2. The molecule has 7 nitrogen and oxygen atoms in total. The van der Waals surface area contributed by atoms with Crippen LogP contribution in [0.1, 0.15) is 21.9 Å². The molecule has 0 bridgehead atoms. The van der Waals surface area contributed by atoms with Crippen LogP contribution in [0.2, 0.25) is 0 Å². The Labute approximate surface area is 142 Å². The SMILES string of the molecule is COc1c(C#N)c(N)nc(SC(C(N)=O)c2ccccc2)c1C#N. The molecule has 0 aliphatic heterocycles. The van der Waals surface area contributed by atoms with E-state index < -0.39 is 11.2 Å². The van der Waals surface area contributed by atoms with Gasteiger partial charge in [-0.3, -0.25) is 4.79 Å². The number of aromatic nitrogens is 1. The molecular weight excluding hydrogens is 326 g/mol. The van der Waals surface area contributed by atoms with E-state index in [0.717, 1.165) is 11.8 Å². The lowest BCUT2D eigenvalue weighted by molar-refractivity contribution is -0.117. The zero-order valence-electron chi connectivity index (χ0n) is 12.7. The van der Waals surface area contributed by atoms with Gasteiger partial charge in [-0.1, -0.05) is 42.1 Å². The summed E-state index contributed by atoms with van der Waals surface area (Å²) in [5.41, 5.74) is 11.9. The van der Waals surface area contributed by atoms with Crippen molar-refractivity contribution in [3.8, 4) is 17.9 Å². The fourth-order valence-corrected chi connectivity index (χ4v) is 3.13. The number of benzene rings is 1. The van der Waals surface area contributed by atoms with Crippen molar-refractivity contribution in [1.29, 1.82) is 10.5 Å². The number of anilines is 1. The van der Waals surface area contributed by atoms with Gasteiger partial charge in [-0.25, -0.2) is 4.98 Å². The standard InChI is InChI=1S/C16H13N5O2S/c1-23-12-10(7-17)14(19)21-16(11(12)8-18)24-13(15(20)22)9-5-3-2-4-6-9/h2-6,13H,1H3,(H2,19,21)(H2,20,22). The summed E-state index contributed by atoms with van der Waals surface area (Å²) in [5.74, 6) is -0.628. The van der Waals surface area contributed by atoms with Crippen LogP contribution in [0.4, 0.5) is 5.82 Å². The number of carbonyl (C=O) groups is 1. The van der Waals surface area contributed by atoms with E-state index in [4.69, 9.17) is 21.5 Å². The third-order valence-electron chi connectivity index (χ3n) is 3.16. The van der Waals surface area contributed by atoms with E-state index in [1.54, 1.807) is 24.3 Å². The molecule has 0 aliphatic carbocycles. The maximum Gasteiger partial charge on any atom is 0.235 e. The Hall–Kier alpha value is -3.23. The van der Waals surface area contributed by atoms with Crippen molar-refractivity contribution in [2.45, 2.75) is 10.3 Å². The number of pyridine rings is 1. The fraction of sp³-hybridized carbons (Fsp3) is 0.125. The normalized spacial score (nSPS) is 11.1. The second-order valence-corrected chi connectivity index (χ2v) is 5.71. The topological polar surface area (TPSA) is 139 Å². The number of hydrogen-bond donors (Lipinski definition) is 2. The molecule has 1 aromatic carbocycles. The third-order valence-corrected chi connectivity index (χ3v) is 4.42. The molecule has 1 heterocycles. The monoisotopic (exact) mass is 339 g/mol. The van der Waals surface area contributed by atoms with Crippen molar-refractivity contribution >= 4 is 23.5 Å². The van der Waals surface area contributed by atoms with Crippen LogP contribution in [0.5, 0.6) is 5.75 Å². The lowest BCUT2D eigenvalue weighted by atomic mass is 10.1. The maximum atomic E-state index is 11.8. The van der Waals surface area contributed by atoms with Crippen LogP contribution in [0.3, 0.4) is 0 Å². The summed E-state index contributed by atoms with van der Waals surface area (Å²) >= 11 is 0.986. The molecule has 0 spiro atoms. The van der Waals surface area contributed by atoms with E-state index in [1.807, 2.05) is 18.2 Å². The summed E-state index contributed by atoms with van der Waals surface area (Å²) in [4.78, 5) is 15.9. The van der Waals surface area contributed by atoms with E-state index in [1.165, 1.54) is 7.11 Å². The summed E-state index contributed by atoms with van der Waals surface area (Å²) in [5, 5.41) is 18.0. The number of rotatable bonds is 5. The number of methoxy groups -OCH3 is 1. The molecule has 1 aromatic heterocycles. The van der Waals surface area contributed by atoms with Crippen molar-refractivity contribution in [2.75, 3.05) is 12.8 Å². The Morgan fingerprint density at radius 1 is 1.25 bits per heavy atom. The molecule has 0 saturated heterocycles. The molecule has 1 unspecified atom stereocenters. The van der Waals surface area contributed by atoms with Gasteiger partial charge in [-0.2, -0.15) is 10.5 Å². The molecule has 1 atom stereocenters. The summed E-state index contributed by atoms with van der Waals surface area (Å²) in [6, 6.07) is 12.7. The number of nitrogen functional groups attached to an aromatic ring is 1. The Morgan fingerprint density at radius 2 is 1.88 bits per heavy atom. The summed E-state index contributed by atoms with van der Waals surface area (Å²) in [7, 11) is 1.33. The van der Waals surface area contributed by atoms with Crippen LogP contribution in [-0.4, -0.2) is 18.0 Å². The van der Waals surface area contributed by atoms with Gasteiger partial charge in [0.1, 0.15) is 39.4 Å². The second-order valence-electron chi connectivity index (χ2n) is 4.62. The molecular formula is C16H13N5O2S. The van der Waals surface area contributed by atoms with Crippen LogP contribution < -0.4 is 16.2 Å². The number of nitrogens with zero attached hydrogens (tertiary/aromatic N) is 3. The predicted molar refractivity (Wildman–Crippen MR) is 88.9 cm³/mol. The van der Waals surface area contributed by atoms with Gasteiger partial charge in [-0.15, -0.1) is 0 Å². The Bertz CT molecular complexity index is 855. The lowest BCUT2D eigenvalue weighted by Crippen LogP contribution is -2.19. The van der Waals surface area contributed by atoms with Gasteiger partial charge in [0.25, 0.3) is 0 Å². The molecule has 0 saturated carbocycles. The molecule has 0 fully saturated rings. The van der Waals surface area contributed by atoms with Gasteiger partial charge < -0.3 is 16.2 Å². The smallest absolute Gasteiger partial charge is 0.235 e. The van der Waals surface area contributed by atoms with Crippen LogP contribution in [0, 0.1) is 22.7 Å². The van der Waals surface area contributed by atoms with Crippen molar-refractivity contribution in [1.82, 2.24) is 4.98 Å². The molecule has 0 aliphatic rings. The first-order valence-electron chi connectivity index (χ1n) is 6.72. The quantitative estimate of drug-likeness (QED) is 0.791. The zero-order valence-corrected chi connectivity index (χ0v) is 13.5. The lowest BCUT2D eigenvalue weighted by Gasteiger charge is -2.16. The average molecular weight is 339 g/mol. The average Bonchev–Trinajstić information content (AvgIpc) is 2.59. The highest BCUT2D eigenvalue weighted by Gasteiger charge is 2.26.